The summed E-state index contributed by atoms with van der Waals surface area (Å²) < 4.78 is 0. The molecule has 4 rings (SSSR count). The lowest BCUT2D eigenvalue weighted by atomic mass is 9.58. The average molecular weight is 268 g/mol. The predicted molar refractivity (Wildman–Crippen MR) is 78.8 cm³/mol. The Balaban J connectivity index is 1.76. The molecule has 0 radical (unpaired) electrons. The van der Waals surface area contributed by atoms with Gasteiger partial charge in [0.25, 0.3) is 0 Å². The molecule has 3 aliphatic carbocycles. The van der Waals surface area contributed by atoms with Crippen LogP contribution in [0.15, 0.2) is 41.7 Å². The highest BCUT2D eigenvalue weighted by atomic mass is 16.3. The number of hydrogen-bond acceptors (Lipinski definition) is 2. The molecule has 3 atom stereocenters. The van der Waals surface area contributed by atoms with Crippen LogP contribution in [0.1, 0.15) is 43.2 Å². The number of allylic oxidation sites excluding steroid dienone is 3. The van der Waals surface area contributed by atoms with Crippen molar-refractivity contribution in [1.29, 1.82) is 0 Å². The normalized spacial score (nSPS) is 34.6. The van der Waals surface area contributed by atoms with Crippen LogP contribution in [0.25, 0.3) is 0 Å². The quantitative estimate of drug-likeness (QED) is 0.739. The van der Waals surface area contributed by atoms with E-state index in [4.69, 9.17) is 0 Å². The minimum atomic E-state index is -0.115. The van der Waals surface area contributed by atoms with E-state index in [1.54, 1.807) is 0 Å². The summed E-state index contributed by atoms with van der Waals surface area (Å²) in [6, 6.07) is 5.85. The third kappa shape index (κ3) is 1.45. The van der Waals surface area contributed by atoms with E-state index in [1.807, 2.05) is 18.2 Å². The smallest absolute Gasteiger partial charge is 0.115 e. The van der Waals surface area contributed by atoms with E-state index in [0.717, 1.165) is 25.7 Å². The highest BCUT2D eigenvalue weighted by Gasteiger charge is 2.47. The van der Waals surface area contributed by atoms with Gasteiger partial charge in [-0.2, -0.15) is 0 Å². The molecular weight excluding hydrogens is 248 g/mol. The summed E-state index contributed by atoms with van der Waals surface area (Å²) in [6.07, 6.45) is 8.33. The number of aliphatic hydroxyl groups is 1. The Hall–Kier alpha value is -1.70. The minimum Gasteiger partial charge on any atom is -0.511 e. The number of aliphatic hydroxyl groups excluding tert-OH is 1. The molecule has 0 aromatic heterocycles. The van der Waals surface area contributed by atoms with Crippen LogP contribution >= 0.6 is 0 Å². The monoisotopic (exact) mass is 268 g/mol. The first kappa shape index (κ1) is 12.1. The van der Waals surface area contributed by atoms with Gasteiger partial charge in [-0.3, -0.25) is 0 Å². The van der Waals surface area contributed by atoms with Crippen molar-refractivity contribution < 1.29 is 10.2 Å². The van der Waals surface area contributed by atoms with Gasteiger partial charge in [0.15, 0.2) is 0 Å². The maximum atomic E-state index is 10.2. The van der Waals surface area contributed by atoms with Crippen molar-refractivity contribution >= 4 is 0 Å². The Morgan fingerprint density at radius 2 is 1.95 bits per heavy atom. The molecule has 0 heterocycles. The maximum absolute atomic E-state index is 10.2. The fraction of sp³-hybridized carbons (Fsp3) is 0.444. The van der Waals surface area contributed by atoms with Crippen molar-refractivity contribution in [3.8, 4) is 5.75 Å². The fourth-order valence-corrected chi connectivity index (χ4v) is 4.56. The molecule has 1 saturated carbocycles. The number of phenols is 1. The highest BCUT2D eigenvalue weighted by Crippen LogP contribution is 2.58. The SMILES string of the molecule is C[C@]12CC[C@@H]3c4ccc(O)cc4CC[C@H]3C1=CC=C2O. The topological polar surface area (TPSA) is 40.5 Å². The standard InChI is InChI=1S/C18H20O2/c1-18-9-8-14-13-5-3-12(19)10-11(13)2-4-15(14)16(18)6-7-17(18)20/h3,5-7,10,14-15,19-20H,2,4,8-9H2,1H3/t14-,15-,18+/m1/s1. The van der Waals surface area contributed by atoms with Gasteiger partial charge in [0.1, 0.15) is 11.5 Å². The van der Waals surface area contributed by atoms with Gasteiger partial charge >= 0.3 is 0 Å². The lowest BCUT2D eigenvalue weighted by molar-refractivity contribution is 0.190. The van der Waals surface area contributed by atoms with Gasteiger partial charge < -0.3 is 10.2 Å². The molecule has 0 saturated heterocycles. The first-order valence-electron chi connectivity index (χ1n) is 7.53. The molecule has 104 valence electrons. The van der Waals surface area contributed by atoms with E-state index >= 15 is 0 Å². The third-order valence-corrected chi connectivity index (χ3v) is 5.71. The van der Waals surface area contributed by atoms with Gasteiger partial charge in [-0.25, -0.2) is 0 Å². The summed E-state index contributed by atoms with van der Waals surface area (Å²) in [7, 11) is 0. The molecular formula is C18H20O2. The van der Waals surface area contributed by atoms with Crippen LogP contribution in [0.5, 0.6) is 5.75 Å². The van der Waals surface area contributed by atoms with Crippen molar-refractivity contribution in [2.24, 2.45) is 11.3 Å². The summed E-state index contributed by atoms with van der Waals surface area (Å²) in [5, 5.41) is 19.8. The van der Waals surface area contributed by atoms with E-state index in [9.17, 15) is 10.2 Å². The average Bonchev–Trinajstić information content (AvgIpc) is 2.74. The van der Waals surface area contributed by atoms with E-state index in [1.165, 1.54) is 16.7 Å². The molecule has 2 nitrogen and oxygen atoms in total. The van der Waals surface area contributed by atoms with Gasteiger partial charge in [-0.15, -0.1) is 0 Å². The molecule has 1 aromatic rings. The Labute approximate surface area is 119 Å². The van der Waals surface area contributed by atoms with Crippen LogP contribution in [0.4, 0.5) is 0 Å². The minimum absolute atomic E-state index is 0.115. The molecule has 1 fully saturated rings. The van der Waals surface area contributed by atoms with Crippen molar-refractivity contribution in [3.05, 3.63) is 52.8 Å². The second-order valence-corrected chi connectivity index (χ2v) is 6.68. The van der Waals surface area contributed by atoms with Crippen LogP contribution < -0.4 is 0 Å². The molecule has 0 aliphatic heterocycles. The summed E-state index contributed by atoms with van der Waals surface area (Å²) in [4.78, 5) is 0. The van der Waals surface area contributed by atoms with E-state index in [-0.39, 0.29) is 5.41 Å². The van der Waals surface area contributed by atoms with Crippen LogP contribution in [0.2, 0.25) is 0 Å². The van der Waals surface area contributed by atoms with Crippen molar-refractivity contribution in [2.45, 2.75) is 38.5 Å². The fourth-order valence-electron chi connectivity index (χ4n) is 4.56. The Kier molecular flexibility index (Phi) is 2.36. The summed E-state index contributed by atoms with van der Waals surface area (Å²) in [5.74, 6) is 2.02. The number of benzene rings is 1. The highest BCUT2D eigenvalue weighted by molar-refractivity contribution is 5.46. The Morgan fingerprint density at radius 3 is 2.80 bits per heavy atom. The van der Waals surface area contributed by atoms with E-state index in [0.29, 0.717) is 23.3 Å². The molecule has 0 amide bonds. The van der Waals surface area contributed by atoms with Crippen LogP contribution in [-0.4, -0.2) is 10.2 Å². The Bertz CT molecular complexity index is 641. The molecule has 0 bridgehead atoms. The number of aromatic hydroxyl groups is 1. The first-order valence-corrected chi connectivity index (χ1v) is 7.53. The Morgan fingerprint density at radius 1 is 1.10 bits per heavy atom. The van der Waals surface area contributed by atoms with Gasteiger partial charge in [0.05, 0.1) is 0 Å². The predicted octanol–water partition coefficient (Wildman–Crippen LogP) is 4.22. The number of fused-ring (bicyclic) bond motifs is 5. The van der Waals surface area contributed by atoms with Gasteiger partial charge in [0, 0.05) is 5.41 Å². The summed E-state index contributed by atoms with van der Waals surface area (Å²) in [5.41, 5.74) is 4.03. The molecule has 0 unspecified atom stereocenters. The zero-order valence-corrected chi connectivity index (χ0v) is 11.8. The number of phenolic OH excluding ortho intramolecular Hbond substituents is 1. The number of hydrogen-bond donors (Lipinski definition) is 2. The van der Waals surface area contributed by atoms with Crippen molar-refractivity contribution in [2.75, 3.05) is 0 Å². The lowest BCUT2D eigenvalue weighted by Gasteiger charge is -2.46. The zero-order chi connectivity index (χ0) is 13.9. The molecule has 0 spiro atoms. The second-order valence-electron chi connectivity index (χ2n) is 6.68. The summed E-state index contributed by atoms with van der Waals surface area (Å²) in [6.45, 7) is 2.18. The third-order valence-electron chi connectivity index (χ3n) is 5.71. The van der Waals surface area contributed by atoms with Gasteiger partial charge in [-0.05, 0) is 73.8 Å². The molecule has 20 heavy (non-hydrogen) atoms. The first-order chi connectivity index (χ1) is 9.59. The van der Waals surface area contributed by atoms with Gasteiger partial charge in [-0.1, -0.05) is 17.7 Å². The zero-order valence-electron chi connectivity index (χ0n) is 11.8. The van der Waals surface area contributed by atoms with Crippen LogP contribution in [-0.2, 0) is 6.42 Å². The number of rotatable bonds is 0. The summed E-state index contributed by atoms with van der Waals surface area (Å²) >= 11 is 0. The van der Waals surface area contributed by atoms with E-state index < -0.39 is 0 Å². The molecule has 2 heteroatoms. The second kappa shape index (κ2) is 3.91. The number of aryl methyl sites for hydroxylation is 1. The molecule has 1 aromatic carbocycles. The maximum Gasteiger partial charge on any atom is 0.115 e. The van der Waals surface area contributed by atoms with Gasteiger partial charge in [0.2, 0.25) is 0 Å². The van der Waals surface area contributed by atoms with Crippen LogP contribution in [0.3, 0.4) is 0 Å². The molecule has 2 N–H and O–H groups in total. The van der Waals surface area contributed by atoms with Crippen LogP contribution in [0, 0.1) is 11.3 Å². The van der Waals surface area contributed by atoms with Crippen molar-refractivity contribution in [1.82, 2.24) is 0 Å². The van der Waals surface area contributed by atoms with E-state index in [2.05, 4.69) is 19.1 Å². The lowest BCUT2D eigenvalue weighted by Crippen LogP contribution is -2.36. The largest absolute Gasteiger partial charge is 0.511 e. The molecule has 3 aliphatic rings. The van der Waals surface area contributed by atoms with Crippen molar-refractivity contribution in [3.63, 3.8) is 0 Å².